The van der Waals surface area contributed by atoms with Crippen LogP contribution in [0.4, 0.5) is 5.69 Å². The van der Waals surface area contributed by atoms with Crippen LogP contribution in [0.25, 0.3) is 17.1 Å². The van der Waals surface area contributed by atoms with Gasteiger partial charge in [-0.05, 0) is 63.3 Å². The molecule has 1 aromatic carbocycles. The monoisotopic (exact) mass is 478 g/mol. The number of ether oxygens (including phenoxy) is 2. The van der Waals surface area contributed by atoms with Crippen LogP contribution in [-0.2, 0) is 25.6 Å². The van der Waals surface area contributed by atoms with Crippen molar-refractivity contribution in [2.24, 2.45) is 5.92 Å². The van der Waals surface area contributed by atoms with Crippen molar-refractivity contribution in [1.29, 1.82) is 0 Å². The van der Waals surface area contributed by atoms with Gasteiger partial charge in [0, 0.05) is 42.7 Å². The van der Waals surface area contributed by atoms with E-state index >= 15 is 0 Å². The van der Waals surface area contributed by atoms with Crippen molar-refractivity contribution in [2.75, 3.05) is 26.5 Å². The van der Waals surface area contributed by atoms with Gasteiger partial charge < -0.3 is 29.8 Å². The molecule has 1 aliphatic rings. The molecule has 0 spiro atoms. The number of nitrogens with one attached hydrogen (secondary N) is 2. The SMILES string of the molecule is COC(C)C1(Nc2ccc(CN(C)C)cc2C)O/C(=C\c2c[nH]c3ncccc23)C(=O)C1C(=O)O. The summed E-state index contributed by atoms with van der Waals surface area (Å²) >= 11 is 0. The van der Waals surface area contributed by atoms with Crippen molar-refractivity contribution in [3.05, 3.63) is 65.2 Å². The summed E-state index contributed by atoms with van der Waals surface area (Å²) in [6, 6.07) is 9.51. The molecule has 0 radical (unpaired) electrons. The van der Waals surface area contributed by atoms with E-state index < -0.39 is 29.5 Å². The normalized spacial score (nSPS) is 22.1. The zero-order valence-corrected chi connectivity index (χ0v) is 20.5. The number of aromatic amines is 1. The molecule has 1 fully saturated rings. The van der Waals surface area contributed by atoms with Crippen molar-refractivity contribution in [2.45, 2.75) is 32.2 Å². The van der Waals surface area contributed by atoms with Crippen molar-refractivity contribution < 1.29 is 24.2 Å². The number of benzene rings is 1. The van der Waals surface area contributed by atoms with E-state index in [1.165, 1.54) is 7.11 Å². The minimum absolute atomic E-state index is 0.0552. The number of anilines is 1. The highest BCUT2D eigenvalue weighted by molar-refractivity contribution is 6.12. The first kappa shape index (κ1) is 24.4. The molecular formula is C26H30N4O5. The third kappa shape index (κ3) is 4.52. The number of aryl methyl sites for hydroxylation is 1. The van der Waals surface area contributed by atoms with Gasteiger partial charge in [-0.3, -0.25) is 9.59 Å². The van der Waals surface area contributed by atoms with E-state index in [9.17, 15) is 14.7 Å². The number of carboxylic acids is 1. The highest BCUT2D eigenvalue weighted by Gasteiger charge is 2.61. The Morgan fingerprint density at radius 1 is 1.40 bits per heavy atom. The summed E-state index contributed by atoms with van der Waals surface area (Å²) in [6.07, 6.45) is 4.15. The second kappa shape index (κ2) is 9.52. The first-order chi connectivity index (χ1) is 16.7. The molecule has 184 valence electrons. The predicted octanol–water partition coefficient (Wildman–Crippen LogP) is 3.42. The van der Waals surface area contributed by atoms with Crippen LogP contribution in [0.15, 0.2) is 48.5 Å². The number of H-pyrrole nitrogens is 1. The van der Waals surface area contributed by atoms with Crippen molar-refractivity contribution >= 4 is 34.5 Å². The number of aliphatic carboxylic acids is 1. The largest absolute Gasteiger partial charge is 0.481 e. The van der Waals surface area contributed by atoms with Crippen LogP contribution >= 0.6 is 0 Å². The number of carbonyl (C=O) groups is 2. The number of hydrogen-bond donors (Lipinski definition) is 3. The van der Waals surface area contributed by atoms with E-state index in [0.717, 1.165) is 23.1 Å². The quantitative estimate of drug-likeness (QED) is 0.333. The summed E-state index contributed by atoms with van der Waals surface area (Å²) in [6.45, 7) is 4.37. The average Bonchev–Trinajstić information content (AvgIpc) is 3.34. The average molecular weight is 479 g/mol. The molecule has 3 atom stereocenters. The number of carboxylic acid groups (broad SMARTS) is 1. The molecule has 3 N–H and O–H groups in total. The van der Waals surface area contributed by atoms with Crippen LogP contribution < -0.4 is 5.32 Å². The molecule has 4 rings (SSSR count). The first-order valence-electron chi connectivity index (χ1n) is 11.3. The Bertz CT molecular complexity index is 1300. The molecular weight excluding hydrogens is 448 g/mol. The van der Waals surface area contributed by atoms with Gasteiger partial charge in [0.2, 0.25) is 11.5 Å². The molecule has 3 heterocycles. The second-order valence-electron chi connectivity index (χ2n) is 9.07. The lowest BCUT2D eigenvalue weighted by Crippen LogP contribution is -2.56. The Balaban J connectivity index is 1.77. The Morgan fingerprint density at radius 2 is 2.17 bits per heavy atom. The molecule has 0 aliphatic carbocycles. The maximum atomic E-state index is 13.4. The number of hydrogen-bond acceptors (Lipinski definition) is 7. The Morgan fingerprint density at radius 3 is 2.83 bits per heavy atom. The van der Waals surface area contributed by atoms with Gasteiger partial charge in [-0.1, -0.05) is 12.1 Å². The maximum Gasteiger partial charge on any atom is 0.320 e. The number of methoxy groups -OCH3 is 1. The molecule has 3 unspecified atom stereocenters. The van der Waals surface area contributed by atoms with Crippen LogP contribution in [0.5, 0.6) is 0 Å². The predicted molar refractivity (Wildman–Crippen MR) is 133 cm³/mol. The number of pyridine rings is 1. The third-order valence-corrected chi connectivity index (χ3v) is 6.31. The van der Waals surface area contributed by atoms with E-state index in [2.05, 4.69) is 20.2 Å². The van der Waals surface area contributed by atoms with Crippen molar-refractivity contribution in [3.8, 4) is 0 Å². The molecule has 0 saturated carbocycles. The number of ketones is 1. The molecule has 0 amide bonds. The smallest absolute Gasteiger partial charge is 0.320 e. The van der Waals surface area contributed by atoms with E-state index in [1.807, 2.05) is 45.3 Å². The Hall–Kier alpha value is -3.69. The fourth-order valence-electron chi connectivity index (χ4n) is 4.49. The summed E-state index contributed by atoms with van der Waals surface area (Å²) < 4.78 is 11.8. The van der Waals surface area contributed by atoms with Gasteiger partial charge in [0.25, 0.3) is 0 Å². The highest BCUT2D eigenvalue weighted by atomic mass is 16.6. The molecule has 1 saturated heterocycles. The fourth-order valence-corrected chi connectivity index (χ4v) is 4.49. The van der Waals surface area contributed by atoms with E-state index in [1.54, 1.807) is 31.5 Å². The zero-order chi connectivity index (χ0) is 25.3. The van der Waals surface area contributed by atoms with Crippen LogP contribution in [0.2, 0.25) is 0 Å². The number of nitrogens with zero attached hydrogens (tertiary/aromatic N) is 2. The molecule has 3 aromatic rings. The number of aromatic nitrogens is 2. The minimum atomic E-state index is -1.65. The lowest BCUT2D eigenvalue weighted by molar-refractivity contribution is -0.155. The number of fused-ring (bicyclic) bond motifs is 1. The standard InChI is InChI=1S/C26H30N4O5/c1-15-11-17(14-30(3)4)8-9-20(15)29-26(16(2)34-5)22(25(32)33)23(31)21(35-26)12-18-13-28-24-19(18)7-6-10-27-24/h6-13,16,22,29H,14H2,1-5H3,(H,27,28)(H,32,33)/b21-12-. The Labute approximate surface area is 203 Å². The molecule has 9 nitrogen and oxygen atoms in total. The maximum absolute atomic E-state index is 13.4. The van der Waals surface area contributed by atoms with E-state index in [0.29, 0.717) is 16.9 Å². The summed E-state index contributed by atoms with van der Waals surface area (Å²) in [4.78, 5) is 35.2. The van der Waals surface area contributed by atoms with Crippen LogP contribution in [0, 0.1) is 12.8 Å². The van der Waals surface area contributed by atoms with Crippen molar-refractivity contribution in [3.63, 3.8) is 0 Å². The molecule has 9 heteroatoms. The summed E-state index contributed by atoms with van der Waals surface area (Å²) in [5.74, 6) is -3.50. The summed E-state index contributed by atoms with van der Waals surface area (Å²) in [5, 5.41) is 14.2. The van der Waals surface area contributed by atoms with Gasteiger partial charge in [0.1, 0.15) is 11.8 Å². The molecule has 1 aliphatic heterocycles. The zero-order valence-electron chi connectivity index (χ0n) is 20.5. The number of rotatable bonds is 8. The minimum Gasteiger partial charge on any atom is -0.481 e. The van der Waals surface area contributed by atoms with Gasteiger partial charge in [0.05, 0.1) is 0 Å². The third-order valence-electron chi connectivity index (χ3n) is 6.31. The molecule has 35 heavy (non-hydrogen) atoms. The van der Waals surface area contributed by atoms with Gasteiger partial charge in [0.15, 0.2) is 11.7 Å². The van der Waals surface area contributed by atoms with Gasteiger partial charge in [-0.2, -0.15) is 0 Å². The summed E-state index contributed by atoms with van der Waals surface area (Å²) in [7, 11) is 5.44. The van der Waals surface area contributed by atoms with Crippen LogP contribution in [0.3, 0.4) is 0 Å². The van der Waals surface area contributed by atoms with Gasteiger partial charge in [-0.15, -0.1) is 0 Å². The number of Topliss-reactive ketones (excluding diaryl/α,β-unsaturated/α-hetero) is 1. The van der Waals surface area contributed by atoms with Crippen molar-refractivity contribution in [1.82, 2.24) is 14.9 Å². The van der Waals surface area contributed by atoms with Crippen LogP contribution in [0.1, 0.15) is 23.6 Å². The lowest BCUT2D eigenvalue weighted by Gasteiger charge is -2.37. The van der Waals surface area contributed by atoms with E-state index in [-0.39, 0.29) is 5.76 Å². The van der Waals surface area contributed by atoms with E-state index in [4.69, 9.17) is 9.47 Å². The molecule has 2 aromatic heterocycles. The Kier molecular flexibility index (Phi) is 6.64. The molecule has 0 bridgehead atoms. The lowest BCUT2D eigenvalue weighted by atomic mass is 9.88. The fraction of sp³-hybridized carbons (Fsp3) is 0.346. The first-order valence-corrected chi connectivity index (χ1v) is 11.3. The highest BCUT2D eigenvalue weighted by Crippen LogP contribution is 2.42. The van der Waals surface area contributed by atoms with Gasteiger partial charge >= 0.3 is 5.97 Å². The second-order valence-corrected chi connectivity index (χ2v) is 9.07. The summed E-state index contributed by atoms with van der Waals surface area (Å²) in [5.41, 5.74) is 2.34. The topological polar surface area (TPSA) is 117 Å². The van der Waals surface area contributed by atoms with Crippen LogP contribution in [-0.4, -0.2) is 64.8 Å². The number of carbonyl (C=O) groups excluding carboxylic acids is 1. The van der Waals surface area contributed by atoms with Gasteiger partial charge in [-0.25, -0.2) is 4.98 Å². The number of allylic oxidation sites excluding steroid dienone is 1.